The third-order valence-electron chi connectivity index (χ3n) is 3.36. The molecule has 5 nitrogen and oxygen atoms in total. The maximum absolute atomic E-state index is 5.97. The Morgan fingerprint density at radius 2 is 2.05 bits per heavy atom. The normalized spacial score (nSPS) is 16.6. The third-order valence-corrected chi connectivity index (χ3v) is 3.36. The van der Waals surface area contributed by atoms with E-state index in [2.05, 4.69) is 22.2 Å². The average molecular weight is 285 g/mol. The molecule has 110 valence electrons. The second-order valence-corrected chi connectivity index (χ2v) is 4.97. The van der Waals surface area contributed by atoms with E-state index in [1.54, 1.807) is 0 Å². The Balaban J connectivity index is 1.89. The standard InChI is InChI=1S/C16H19N3O2/c1-3-6-11-9-15(17-2)19-16(18-11)14-10-20-12-7-4-5-8-13(12)21-14/h4-5,7-9,14H,3,6,10H2,1-2H3,(H,17,18,19). The second-order valence-electron chi connectivity index (χ2n) is 4.97. The monoisotopic (exact) mass is 285 g/mol. The number of aromatic nitrogens is 2. The van der Waals surface area contributed by atoms with Gasteiger partial charge in [-0.25, -0.2) is 9.97 Å². The van der Waals surface area contributed by atoms with Gasteiger partial charge in [-0.3, -0.25) is 0 Å². The first-order chi connectivity index (χ1) is 10.3. The van der Waals surface area contributed by atoms with E-state index in [1.807, 2.05) is 37.4 Å². The van der Waals surface area contributed by atoms with Crippen molar-refractivity contribution in [1.82, 2.24) is 9.97 Å². The Hall–Kier alpha value is -2.30. The summed E-state index contributed by atoms with van der Waals surface area (Å²) in [5.74, 6) is 2.99. The van der Waals surface area contributed by atoms with Crippen molar-refractivity contribution < 1.29 is 9.47 Å². The molecule has 1 atom stereocenters. The maximum atomic E-state index is 5.97. The Morgan fingerprint density at radius 3 is 2.81 bits per heavy atom. The van der Waals surface area contributed by atoms with Crippen molar-refractivity contribution in [3.05, 3.63) is 41.9 Å². The van der Waals surface area contributed by atoms with E-state index >= 15 is 0 Å². The van der Waals surface area contributed by atoms with Gasteiger partial charge in [0.25, 0.3) is 0 Å². The summed E-state index contributed by atoms with van der Waals surface area (Å²) in [6.07, 6.45) is 1.70. The summed E-state index contributed by atoms with van der Waals surface area (Å²) < 4.78 is 11.7. The first-order valence-corrected chi connectivity index (χ1v) is 7.24. The van der Waals surface area contributed by atoms with Gasteiger partial charge in [-0.2, -0.15) is 0 Å². The molecule has 1 aliphatic heterocycles. The van der Waals surface area contributed by atoms with Crippen molar-refractivity contribution >= 4 is 5.82 Å². The molecule has 21 heavy (non-hydrogen) atoms. The summed E-state index contributed by atoms with van der Waals surface area (Å²) >= 11 is 0. The van der Waals surface area contributed by atoms with Crippen LogP contribution in [0.4, 0.5) is 5.82 Å². The fourth-order valence-corrected chi connectivity index (χ4v) is 2.32. The first-order valence-electron chi connectivity index (χ1n) is 7.24. The van der Waals surface area contributed by atoms with E-state index in [1.165, 1.54) is 0 Å². The number of fused-ring (bicyclic) bond motifs is 1. The lowest BCUT2D eigenvalue weighted by atomic mass is 10.2. The fraction of sp³-hybridized carbons (Fsp3) is 0.375. The van der Waals surface area contributed by atoms with Crippen molar-refractivity contribution in [3.8, 4) is 11.5 Å². The molecule has 0 saturated heterocycles. The summed E-state index contributed by atoms with van der Waals surface area (Å²) in [4.78, 5) is 9.12. The molecular weight excluding hydrogens is 266 g/mol. The van der Waals surface area contributed by atoms with Crippen LogP contribution in [0, 0.1) is 0 Å². The van der Waals surface area contributed by atoms with Crippen LogP contribution >= 0.6 is 0 Å². The van der Waals surface area contributed by atoms with E-state index in [9.17, 15) is 0 Å². The highest BCUT2D eigenvalue weighted by Crippen LogP contribution is 2.35. The van der Waals surface area contributed by atoms with Gasteiger partial charge in [0.15, 0.2) is 23.4 Å². The molecule has 3 rings (SSSR count). The van der Waals surface area contributed by atoms with Gasteiger partial charge in [-0.1, -0.05) is 25.5 Å². The summed E-state index contributed by atoms with van der Waals surface area (Å²) in [5, 5.41) is 3.08. The van der Waals surface area contributed by atoms with Crippen molar-refractivity contribution in [3.63, 3.8) is 0 Å². The number of rotatable bonds is 4. The molecule has 2 heterocycles. The number of aryl methyl sites for hydroxylation is 1. The van der Waals surface area contributed by atoms with Crippen molar-refractivity contribution in [2.45, 2.75) is 25.9 Å². The lowest BCUT2D eigenvalue weighted by molar-refractivity contribution is 0.0850. The molecule has 5 heteroatoms. The van der Waals surface area contributed by atoms with E-state index < -0.39 is 0 Å². The van der Waals surface area contributed by atoms with Gasteiger partial charge in [-0.05, 0) is 18.6 Å². The highest BCUT2D eigenvalue weighted by Gasteiger charge is 2.25. The molecular formula is C16H19N3O2. The van der Waals surface area contributed by atoms with Crippen LogP contribution in [0.5, 0.6) is 11.5 Å². The van der Waals surface area contributed by atoms with E-state index in [-0.39, 0.29) is 6.10 Å². The Morgan fingerprint density at radius 1 is 1.24 bits per heavy atom. The van der Waals surface area contributed by atoms with Crippen LogP contribution in [0.15, 0.2) is 30.3 Å². The smallest absolute Gasteiger partial charge is 0.192 e. The zero-order chi connectivity index (χ0) is 14.7. The number of anilines is 1. The van der Waals surface area contributed by atoms with Crippen LogP contribution < -0.4 is 14.8 Å². The zero-order valence-corrected chi connectivity index (χ0v) is 12.3. The summed E-state index contributed by atoms with van der Waals surface area (Å²) in [6, 6.07) is 9.64. The van der Waals surface area contributed by atoms with E-state index in [0.29, 0.717) is 12.4 Å². The Labute approximate surface area is 124 Å². The number of hydrogen-bond acceptors (Lipinski definition) is 5. The molecule has 0 spiro atoms. The van der Waals surface area contributed by atoms with E-state index in [0.717, 1.165) is 35.9 Å². The van der Waals surface area contributed by atoms with Gasteiger partial charge >= 0.3 is 0 Å². The SMILES string of the molecule is CCCc1cc(NC)nc(C2COc3ccccc3O2)n1. The minimum absolute atomic E-state index is 0.274. The molecule has 1 aromatic heterocycles. The molecule has 2 aromatic rings. The van der Waals surface area contributed by atoms with Crippen molar-refractivity contribution in [2.75, 3.05) is 19.0 Å². The summed E-state index contributed by atoms with van der Waals surface area (Å²) in [7, 11) is 1.86. The third kappa shape index (κ3) is 2.91. The maximum Gasteiger partial charge on any atom is 0.192 e. The number of hydrogen-bond donors (Lipinski definition) is 1. The molecule has 1 aliphatic rings. The van der Waals surface area contributed by atoms with Crippen molar-refractivity contribution in [1.29, 1.82) is 0 Å². The molecule has 0 radical (unpaired) electrons. The number of benzene rings is 1. The van der Waals surface area contributed by atoms with E-state index in [4.69, 9.17) is 9.47 Å². The Bertz CT molecular complexity index is 631. The quantitative estimate of drug-likeness (QED) is 0.936. The molecule has 0 fully saturated rings. The average Bonchev–Trinajstić information content (AvgIpc) is 2.54. The highest BCUT2D eigenvalue weighted by molar-refractivity contribution is 5.41. The van der Waals surface area contributed by atoms with Gasteiger partial charge in [0.05, 0.1) is 0 Å². The zero-order valence-electron chi connectivity index (χ0n) is 12.3. The van der Waals surface area contributed by atoms with Crippen LogP contribution in [0.25, 0.3) is 0 Å². The molecule has 0 bridgehead atoms. The van der Waals surface area contributed by atoms with Crippen LogP contribution in [-0.2, 0) is 6.42 Å². The fourth-order valence-electron chi connectivity index (χ4n) is 2.32. The topological polar surface area (TPSA) is 56.3 Å². The van der Waals surface area contributed by atoms with Crippen molar-refractivity contribution in [2.24, 2.45) is 0 Å². The first kappa shape index (κ1) is 13.7. The van der Waals surface area contributed by atoms with Crippen LogP contribution in [-0.4, -0.2) is 23.6 Å². The van der Waals surface area contributed by atoms with Gasteiger partial charge in [-0.15, -0.1) is 0 Å². The lowest BCUT2D eigenvalue weighted by Gasteiger charge is -2.25. The van der Waals surface area contributed by atoms with Gasteiger partial charge in [0.1, 0.15) is 12.4 Å². The second kappa shape index (κ2) is 5.99. The van der Waals surface area contributed by atoms with Crippen LogP contribution in [0.1, 0.15) is 31.0 Å². The molecule has 0 saturated carbocycles. The molecule has 0 aliphatic carbocycles. The molecule has 1 aromatic carbocycles. The predicted molar refractivity (Wildman–Crippen MR) is 80.9 cm³/mol. The minimum Gasteiger partial charge on any atom is -0.485 e. The van der Waals surface area contributed by atoms with Crippen LogP contribution in [0.2, 0.25) is 0 Å². The van der Waals surface area contributed by atoms with Gasteiger partial charge < -0.3 is 14.8 Å². The Kier molecular flexibility index (Phi) is 3.90. The van der Waals surface area contributed by atoms with Gasteiger partial charge in [0.2, 0.25) is 0 Å². The van der Waals surface area contributed by atoms with Crippen LogP contribution in [0.3, 0.4) is 0 Å². The minimum atomic E-state index is -0.274. The number of para-hydroxylation sites is 2. The largest absolute Gasteiger partial charge is 0.485 e. The number of nitrogens with zero attached hydrogens (tertiary/aromatic N) is 2. The molecule has 1 unspecified atom stereocenters. The van der Waals surface area contributed by atoms with Gasteiger partial charge in [0, 0.05) is 18.8 Å². The summed E-state index contributed by atoms with van der Waals surface area (Å²) in [6.45, 7) is 2.56. The summed E-state index contributed by atoms with van der Waals surface area (Å²) in [5.41, 5.74) is 1.02. The molecule has 0 amide bonds. The number of ether oxygens (including phenoxy) is 2. The molecule has 1 N–H and O–H groups in total. The highest BCUT2D eigenvalue weighted by atomic mass is 16.6. The number of nitrogens with one attached hydrogen (secondary N) is 1. The lowest BCUT2D eigenvalue weighted by Crippen LogP contribution is -2.24. The predicted octanol–water partition coefficient (Wildman–Crippen LogP) is 2.98.